The van der Waals surface area contributed by atoms with E-state index in [0.29, 0.717) is 13.1 Å². The first kappa shape index (κ1) is 17.9. The van der Waals surface area contributed by atoms with Crippen LogP contribution in [-0.2, 0) is 4.79 Å². The Morgan fingerprint density at radius 1 is 1.12 bits per heavy atom. The number of hydrogen-bond acceptors (Lipinski definition) is 5. The predicted octanol–water partition coefficient (Wildman–Crippen LogP) is 2.58. The Balaban J connectivity index is 1.54. The minimum atomic E-state index is 0.0569. The maximum Gasteiger partial charge on any atom is 0.246 e. The number of rotatable bonds is 5. The van der Waals surface area contributed by atoms with Crippen LogP contribution >= 0.6 is 0 Å². The van der Waals surface area contributed by atoms with E-state index in [-0.39, 0.29) is 5.91 Å². The van der Waals surface area contributed by atoms with Crippen molar-refractivity contribution in [3.8, 4) is 0 Å². The minimum Gasteiger partial charge on any atom is -0.369 e. The fraction of sp³-hybridized carbons (Fsp3) is 0.350. The van der Waals surface area contributed by atoms with Gasteiger partial charge in [0.2, 0.25) is 5.91 Å². The quantitative estimate of drug-likeness (QED) is 0.839. The van der Waals surface area contributed by atoms with Gasteiger partial charge in [-0.15, -0.1) is 10.2 Å². The molecule has 1 fully saturated rings. The number of amides is 1. The van der Waals surface area contributed by atoms with E-state index in [1.165, 1.54) is 5.56 Å². The molecule has 1 aromatic carbocycles. The number of nitrogens with one attached hydrogen (secondary N) is 1. The van der Waals surface area contributed by atoms with Crippen LogP contribution in [-0.4, -0.2) is 53.7 Å². The van der Waals surface area contributed by atoms with E-state index < -0.39 is 0 Å². The largest absolute Gasteiger partial charge is 0.369 e. The van der Waals surface area contributed by atoms with Gasteiger partial charge in [0.05, 0.1) is 0 Å². The van der Waals surface area contributed by atoms with E-state index in [1.807, 2.05) is 61.2 Å². The lowest BCUT2D eigenvalue weighted by Gasteiger charge is -2.34. The molecular formula is C20H25N5O. The maximum absolute atomic E-state index is 12.4. The van der Waals surface area contributed by atoms with Gasteiger partial charge in [-0.1, -0.05) is 24.3 Å². The molecule has 26 heavy (non-hydrogen) atoms. The molecule has 2 heterocycles. The normalized spacial score (nSPS) is 14.7. The third-order valence-corrected chi connectivity index (χ3v) is 4.52. The first-order chi connectivity index (χ1) is 12.7. The summed E-state index contributed by atoms with van der Waals surface area (Å²) in [5.74, 6) is 1.70. The smallest absolute Gasteiger partial charge is 0.246 e. The molecule has 1 aromatic heterocycles. The lowest BCUT2D eigenvalue weighted by Crippen LogP contribution is -2.48. The third-order valence-electron chi connectivity index (χ3n) is 4.52. The van der Waals surface area contributed by atoms with E-state index in [9.17, 15) is 4.79 Å². The molecule has 0 atom stereocenters. The second-order valence-corrected chi connectivity index (χ2v) is 6.31. The molecule has 1 N–H and O–H groups in total. The Labute approximate surface area is 154 Å². The zero-order valence-electron chi connectivity index (χ0n) is 15.4. The van der Waals surface area contributed by atoms with Gasteiger partial charge in [-0.3, -0.25) is 4.79 Å². The number of benzene rings is 1. The predicted molar refractivity (Wildman–Crippen MR) is 105 cm³/mol. The second kappa shape index (κ2) is 8.47. The monoisotopic (exact) mass is 351 g/mol. The van der Waals surface area contributed by atoms with Crippen molar-refractivity contribution in [2.45, 2.75) is 13.8 Å². The van der Waals surface area contributed by atoms with Gasteiger partial charge in [-0.2, -0.15) is 0 Å². The summed E-state index contributed by atoms with van der Waals surface area (Å²) < 4.78 is 0. The van der Waals surface area contributed by atoms with Gasteiger partial charge in [0.15, 0.2) is 5.82 Å². The Kier molecular flexibility index (Phi) is 5.84. The van der Waals surface area contributed by atoms with Crippen LogP contribution in [0.3, 0.4) is 0 Å². The highest BCUT2D eigenvalue weighted by Gasteiger charge is 2.20. The Morgan fingerprint density at radius 2 is 1.88 bits per heavy atom. The van der Waals surface area contributed by atoms with E-state index in [2.05, 4.69) is 20.4 Å². The van der Waals surface area contributed by atoms with Gasteiger partial charge in [0.25, 0.3) is 0 Å². The minimum absolute atomic E-state index is 0.0569. The summed E-state index contributed by atoms with van der Waals surface area (Å²) in [7, 11) is 0. The van der Waals surface area contributed by atoms with E-state index in [0.717, 1.165) is 36.8 Å². The third kappa shape index (κ3) is 4.39. The fourth-order valence-electron chi connectivity index (χ4n) is 2.97. The molecule has 6 nitrogen and oxygen atoms in total. The average molecular weight is 351 g/mol. The second-order valence-electron chi connectivity index (χ2n) is 6.31. The molecule has 0 saturated carbocycles. The molecule has 0 bridgehead atoms. The number of aromatic nitrogens is 2. The highest BCUT2D eigenvalue weighted by molar-refractivity contribution is 5.92. The molecule has 0 aliphatic carbocycles. The number of piperazine rings is 1. The number of nitrogens with zero attached hydrogens (tertiary/aromatic N) is 4. The molecule has 2 aromatic rings. The van der Waals surface area contributed by atoms with Crippen LogP contribution in [0.5, 0.6) is 0 Å². The van der Waals surface area contributed by atoms with Gasteiger partial charge < -0.3 is 15.1 Å². The van der Waals surface area contributed by atoms with Crippen molar-refractivity contribution in [2.75, 3.05) is 42.9 Å². The van der Waals surface area contributed by atoms with Crippen molar-refractivity contribution in [2.24, 2.45) is 0 Å². The zero-order chi connectivity index (χ0) is 18.4. The van der Waals surface area contributed by atoms with Crippen LogP contribution in [0.1, 0.15) is 18.1 Å². The standard InChI is InChI=1S/C20H25N5O/c1-3-21-18-9-10-19(23-22-18)24-12-14-25(15-13-24)20(26)11-8-17-7-5-4-6-16(17)2/h4-11H,3,12-15H2,1-2H3,(H,21,22)/b11-8+. The molecule has 0 radical (unpaired) electrons. The summed E-state index contributed by atoms with van der Waals surface area (Å²) >= 11 is 0. The highest BCUT2D eigenvalue weighted by atomic mass is 16.2. The van der Waals surface area contributed by atoms with Crippen molar-refractivity contribution in [1.82, 2.24) is 15.1 Å². The van der Waals surface area contributed by atoms with Crippen molar-refractivity contribution in [1.29, 1.82) is 0 Å². The van der Waals surface area contributed by atoms with E-state index in [4.69, 9.17) is 0 Å². The summed E-state index contributed by atoms with van der Waals surface area (Å²) in [5, 5.41) is 11.6. The van der Waals surface area contributed by atoms with Crippen LogP contribution in [0.15, 0.2) is 42.5 Å². The summed E-state index contributed by atoms with van der Waals surface area (Å²) in [6.45, 7) is 7.80. The number of anilines is 2. The lowest BCUT2D eigenvalue weighted by molar-refractivity contribution is -0.126. The molecule has 1 amide bonds. The molecule has 0 unspecified atom stereocenters. The van der Waals surface area contributed by atoms with Crippen molar-refractivity contribution in [3.05, 3.63) is 53.6 Å². The van der Waals surface area contributed by atoms with Crippen molar-refractivity contribution in [3.63, 3.8) is 0 Å². The van der Waals surface area contributed by atoms with Gasteiger partial charge in [0.1, 0.15) is 5.82 Å². The van der Waals surface area contributed by atoms with Crippen LogP contribution in [0.25, 0.3) is 6.08 Å². The number of hydrogen-bond donors (Lipinski definition) is 1. The molecule has 1 aliphatic rings. The molecular weight excluding hydrogens is 326 g/mol. The molecule has 6 heteroatoms. The molecule has 0 spiro atoms. The van der Waals surface area contributed by atoms with Crippen LogP contribution < -0.4 is 10.2 Å². The molecule has 136 valence electrons. The number of carbonyl (C=O) groups is 1. The van der Waals surface area contributed by atoms with Crippen LogP contribution in [0.2, 0.25) is 0 Å². The van der Waals surface area contributed by atoms with Gasteiger partial charge in [-0.05, 0) is 43.2 Å². The zero-order valence-corrected chi connectivity index (χ0v) is 15.4. The van der Waals surface area contributed by atoms with Gasteiger partial charge in [0, 0.05) is 38.8 Å². The SMILES string of the molecule is CCNc1ccc(N2CCN(C(=O)/C=C/c3ccccc3C)CC2)nn1. The Hall–Kier alpha value is -2.89. The average Bonchev–Trinajstić information content (AvgIpc) is 2.68. The fourth-order valence-corrected chi connectivity index (χ4v) is 2.97. The van der Waals surface area contributed by atoms with Crippen molar-refractivity contribution >= 4 is 23.6 Å². The molecule has 1 aliphatic heterocycles. The van der Waals surface area contributed by atoms with E-state index >= 15 is 0 Å². The first-order valence-electron chi connectivity index (χ1n) is 9.02. The summed E-state index contributed by atoms with van der Waals surface area (Å²) in [6, 6.07) is 12.0. The summed E-state index contributed by atoms with van der Waals surface area (Å²) in [6.07, 6.45) is 3.57. The lowest BCUT2D eigenvalue weighted by atomic mass is 10.1. The van der Waals surface area contributed by atoms with E-state index in [1.54, 1.807) is 6.08 Å². The van der Waals surface area contributed by atoms with Crippen LogP contribution in [0.4, 0.5) is 11.6 Å². The number of carbonyl (C=O) groups excluding carboxylic acids is 1. The van der Waals surface area contributed by atoms with Crippen LogP contribution in [0, 0.1) is 6.92 Å². The Bertz CT molecular complexity index is 764. The van der Waals surface area contributed by atoms with Gasteiger partial charge >= 0.3 is 0 Å². The Morgan fingerprint density at radius 3 is 2.54 bits per heavy atom. The highest BCUT2D eigenvalue weighted by Crippen LogP contribution is 2.15. The summed E-state index contributed by atoms with van der Waals surface area (Å²) in [5.41, 5.74) is 2.25. The first-order valence-corrected chi connectivity index (χ1v) is 9.02. The van der Waals surface area contributed by atoms with Crippen molar-refractivity contribution < 1.29 is 4.79 Å². The van der Waals surface area contributed by atoms with Gasteiger partial charge in [-0.25, -0.2) is 0 Å². The topological polar surface area (TPSA) is 61.4 Å². The molecule has 3 rings (SSSR count). The molecule has 1 saturated heterocycles. The summed E-state index contributed by atoms with van der Waals surface area (Å²) in [4.78, 5) is 16.5. The number of aryl methyl sites for hydroxylation is 1. The maximum atomic E-state index is 12.4.